The smallest absolute Gasteiger partial charge is 0.261 e. The number of carbonyl (C=O) groups is 1. The molecule has 2 aromatic rings. The van der Waals surface area contributed by atoms with Crippen molar-refractivity contribution < 1.29 is 14.3 Å². The van der Waals surface area contributed by atoms with Gasteiger partial charge in [-0.2, -0.15) is 0 Å². The quantitative estimate of drug-likeness (QED) is 0.546. The molecule has 4 nitrogen and oxygen atoms in total. The van der Waals surface area contributed by atoms with Crippen LogP contribution < -0.4 is 14.8 Å². The van der Waals surface area contributed by atoms with E-state index in [0.29, 0.717) is 12.3 Å². The molecule has 0 unspecified atom stereocenters. The molecule has 0 heterocycles. The first kappa shape index (κ1) is 23.8. The second-order valence-electron chi connectivity index (χ2n) is 9.25. The number of amides is 1. The van der Waals surface area contributed by atoms with Crippen molar-refractivity contribution in [3.8, 4) is 11.5 Å². The van der Waals surface area contributed by atoms with Crippen molar-refractivity contribution in [3.63, 3.8) is 0 Å². The molecule has 0 saturated heterocycles. The molecule has 4 heteroatoms. The van der Waals surface area contributed by atoms with Crippen LogP contribution in [0.5, 0.6) is 11.5 Å². The largest absolute Gasteiger partial charge is 0.497 e. The molecule has 164 valence electrons. The fourth-order valence-electron chi connectivity index (χ4n) is 3.37. The van der Waals surface area contributed by atoms with Crippen LogP contribution in [-0.4, -0.2) is 19.1 Å². The Bertz CT molecular complexity index is 789. The van der Waals surface area contributed by atoms with E-state index < -0.39 is 6.10 Å². The van der Waals surface area contributed by atoms with Crippen molar-refractivity contribution in [2.45, 2.75) is 71.9 Å². The first-order valence-electron chi connectivity index (χ1n) is 10.9. The summed E-state index contributed by atoms with van der Waals surface area (Å²) >= 11 is 0. The van der Waals surface area contributed by atoms with Gasteiger partial charge in [-0.25, -0.2) is 0 Å². The van der Waals surface area contributed by atoms with E-state index in [1.165, 1.54) is 5.56 Å². The lowest BCUT2D eigenvalue weighted by atomic mass is 9.87. The summed E-state index contributed by atoms with van der Waals surface area (Å²) in [5.74, 6) is 1.89. The van der Waals surface area contributed by atoms with E-state index in [1.54, 1.807) is 7.11 Å². The summed E-state index contributed by atoms with van der Waals surface area (Å²) in [6.07, 6.45) is 0.928. The Morgan fingerprint density at radius 1 is 0.967 bits per heavy atom. The Morgan fingerprint density at radius 2 is 1.53 bits per heavy atom. The minimum atomic E-state index is -0.529. The second-order valence-corrected chi connectivity index (χ2v) is 9.25. The normalized spacial score (nSPS) is 13.6. The minimum Gasteiger partial charge on any atom is -0.497 e. The molecule has 0 aromatic heterocycles. The zero-order chi connectivity index (χ0) is 22.3. The molecule has 2 aromatic carbocycles. The van der Waals surface area contributed by atoms with Gasteiger partial charge in [0.15, 0.2) is 6.10 Å². The zero-order valence-corrected chi connectivity index (χ0v) is 19.5. The van der Waals surface area contributed by atoms with Gasteiger partial charge in [-0.15, -0.1) is 0 Å². The molecule has 1 N–H and O–H groups in total. The summed E-state index contributed by atoms with van der Waals surface area (Å²) < 4.78 is 11.3. The summed E-state index contributed by atoms with van der Waals surface area (Å²) in [6.45, 7) is 12.8. The van der Waals surface area contributed by atoms with Crippen LogP contribution in [-0.2, 0) is 10.2 Å². The Hall–Kier alpha value is -2.49. The van der Waals surface area contributed by atoms with Crippen molar-refractivity contribution in [2.75, 3.05) is 7.11 Å². The van der Waals surface area contributed by atoms with E-state index in [-0.39, 0.29) is 17.4 Å². The van der Waals surface area contributed by atoms with E-state index in [9.17, 15) is 4.79 Å². The fraction of sp³-hybridized carbons (Fsp3) is 0.500. The van der Waals surface area contributed by atoms with Gasteiger partial charge >= 0.3 is 0 Å². The van der Waals surface area contributed by atoms with E-state index in [2.05, 4.69) is 52.1 Å². The molecule has 0 aliphatic heterocycles. The highest BCUT2D eigenvalue weighted by Gasteiger charge is 2.24. The summed E-state index contributed by atoms with van der Waals surface area (Å²) in [5, 5.41) is 3.20. The molecule has 0 fully saturated rings. The van der Waals surface area contributed by atoms with Gasteiger partial charge < -0.3 is 14.8 Å². The maximum atomic E-state index is 13.0. The van der Waals surface area contributed by atoms with Gasteiger partial charge in [0.25, 0.3) is 5.91 Å². The van der Waals surface area contributed by atoms with Gasteiger partial charge in [0.05, 0.1) is 13.2 Å². The van der Waals surface area contributed by atoms with Crippen LogP contribution in [0, 0.1) is 5.92 Å². The molecule has 0 saturated carbocycles. The maximum Gasteiger partial charge on any atom is 0.261 e. The Balaban J connectivity index is 2.11. The highest BCUT2D eigenvalue weighted by molar-refractivity contribution is 5.81. The van der Waals surface area contributed by atoms with Gasteiger partial charge in [0, 0.05) is 0 Å². The van der Waals surface area contributed by atoms with Crippen molar-refractivity contribution in [3.05, 3.63) is 59.7 Å². The molecule has 0 bridgehead atoms. The summed E-state index contributed by atoms with van der Waals surface area (Å²) in [5.41, 5.74) is 2.40. The number of nitrogens with one attached hydrogen (secondary N) is 1. The van der Waals surface area contributed by atoms with E-state index in [0.717, 1.165) is 23.5 Å². The fourth-order valence-corrected chi connectivity index (χ4v) is 3.37. The molecule has 0 aliphatic carbocycles. The predicted octanol–water partition coefficient (Wildman–Crippen LogP) is 6.05. The van der Waals surface area contributed by atoms with Crippen LogP contribution in [0.15, 0.2) is 48.5 Å². The van der Waals surface area contributed by atoms with Gasteiger partial charge in [0.1, 0.15) is 11.5 Å². The lowest BCUT2D eigenvalue weighted by Crippen LogP contribution is -2.40. The molecule has 1 amide bonds. The molecule has 30 heavy (non-hydrogen) atoms. The molecule has 0 radical (unpaired) electrons. The first-order valence-corrected chi connectivity index (χ1v) is 10.9. The highest BCUT2D eigenvalue weighted by atomic mass is 16.5. The van der Waals surface area contributed by atoms with Crippen molar-refractivity contribution in [1.29, 1.82) is 0 Å². The Labute approximate surface area is 182 Å². The average Bonchev–Trinajstić information content (AvgIpc) is 2.70. The third-order valence-electron chi connectivity index (χ3n) is 5.20. The molecule has 2 rings (SSSR count). The highest BCUT2D eigenvalue weighted by Crippen LogP contribution is 2.26. The number of hydrogen-bond donors (Lipinski definition) is 1. The standard InChI is InChI=1S/C26H37NO3/c1-8-24(30-22-15-11-20(12-16-22)26(4,5)6)25(28)27-23(17-18(2)3)19-9-13-21(29-7)14-10-19/h9-16,18,23-24H,8,17H2,1-7H3,(H,27,28)/t23-,24-/m0/s1. The van der Waals surface area contributed by atoms with Crippen LogP contribution in [0.2, 0.25) is 0 Å². The summed E-state index contributed by atoms with van der Waals surface area (Å²) in [4.78, 5) is 13.0. The zero-order valence-electron chi connectivity index (χ0n) is 19.5. The van der Waals surface area contributed by atoms with E-state index >= 15 is 0 Å². The predicted molar refractivity (Wildman–Crippen MR) is 123 cm³/mol. The number of methoxy groups -OCH3 is 1. The van der Waals surface area contributed by atoms with Gasteiger partial charge in [-0.1, -0.05) is 65.8 Å². The summed E-state index contributed by atoms with van der Waals surface area (Å²) in [7, 11) is 1.65. The molecular weight excluding hydrogens is 374 g/mol. The molecule has 0 aliphatic rings. The van der Waals surface area contributed by atoms with E-state index in [1.807, 2.05) is 43.3 Å². The number of benzene rings is 2. The maximum absolute atomic E-state index is 13.0. The van der Waals surface area contributed by atoms with Crippen LogP contribution in [0.3, 0.4) is 0 Å². The SMILES string of the molecule is CC[C@H](Oc1ccc(C(C)(C)C)cc1)C(=O)N[C@@H](CC(C)C)c1ccc(OC)cc1. The van der Waals surface area contributed by atoms with Crippen LogP contribution in [0.4, 0.5) is 0 Å². The van der Waals surface area contributed by atoms with E-state index in [4.69, 9.17) is 9.47 Å². The number of carbonyl (C=O) groups excluding carboxylic acids is 1. The van der Waals surface area contributed by atoms with Gasteiger partial charge in [-0.05, 0) is 59.6 Å². The topological polar surface area (TPSA) is 47.6 Å². The Kier molecular flexibility index (Phi) is 8.33. The van der Waals surface area contributed by atoms with Gasteiger partial charge in [0.2, 0.25) is 0 Å². The molecule has 2 atom stereocenters. The molecular formula is C26H37NO3. The third-order valence-corrected chi connectivity index (χ3v) is 5.20. The Morgan fingerprint density at radius 3 is 2.00 bits per heavy atom. The number of hydrogen-bond acceptors (Lipinski definition) is 3. The minimum absolute atomic E-state index is 0.0654. The van der Waals surface area contributed by atoms with Crippen LogP contribution in [0.1, 0.15) is 71.6 Å². The molecule has 0 spiro atoms. The lowest BCUT2D eigenvalue weighted by molar-refractivity contribution is -0.129. The monoisotopic (exact) mass is 411 g/mol. The first-order chi connectivity index (χ1) is 14.1. The summed E-state index contributed by atoms with van der Waals surface area (Å²) in [6, 6.07) is 15.9. The van der Waals surface area contributed by atoms with Crippen LogP contribution in [0.25, 0.3) is 0 Å². The number of ether oxygens (including phenoxy) is 2. The van der Waals surface area contributed by atoms with Crippen LogP contribution >= 0.6 is 0 Å². The van der Waals surface area contributed by atoms with Crippen molar-refractivity contribution in [2.24, 2.45) is 5.92 Å². The second kappa shape index (κ2) is 10.5. The third kappa shape index (κ3) is 6.79. The average molecular weight is 412 g/mol. The van der Waals surface area contributed by atoms with Crippen molar-refractivity contribution >= 4 is 5.91 Å². The van der Waals surface area contributed by atoms with Gasteiger partial charge in [-0.3, -0.25) is 4.79 Å². The lowest BCUT2D eigenvalue weighted by Gasteiger charge is -2.25. The van der Waals surface area contributed by atoms with Crippen molar-refractivity contribution in [1.82, 2.24) is 5.32 Å². The number of rotatable bonds is 9.